The number of hydrogen-bond acceptors (Lipinski definition) is 13. The van der Waals surface area contributed by atoms with Gasteiger partial charge < -0.3 is 68.3 Å². The van der Waals surface area contributed by atoms with Crippen LogP contribution in [0.4, 0.5) is 0 Å². The highest BCUT2D eigenvalue weighted by molar-refractivity contribution is 6.00. The van der Waals surface area contributed by atoms with E-state index in [1.807, 2.05) is 43.3 Å². The van der Waals surface area contributed by atoms with Crippen LogP contribution in [0.2, 0.25) is 0 Å². The molecule has 13 N–H and O–H groups in total. The Labute approximate surface area is 430 Å². The Morgan fingerprint density at radius 1 is 0.824 bits per heavy atom. The van der Waals surface area contributed by atoms with Gasteiger partial charge in [-0.3, -0.25) is 43.3 Å². The molecule has 0 radical (unpaired) electrons. The van der Waals surface area contributed by atoms with E-state index in [1.165, 1.54) is 26.8 Å². The lowest BCUT2D eigenvalue weighted by molar-refractivity contribution is -0.148. The summed E-state index contributed by atoms with van der Waals surface area (Å²) in [5.41, 5.74) is 12.0. The first-order valence-electron chi connectivity index (χ1n) is 24.1. The van der Waals surface area contributed by atoms with Crippen LogP contribution in [0.1, 0.15) is 86.1 Å². The van der Waals surface area contributed by atoms with Gasteiger partial charge in [-0.25, -0.2) is 9.59 Å². The molecule has 1 aromatic carbocycles. The largest absolute Gasteiger partial charge is 0.480 e. The molecule has 4 unspecified atom stereocenters. The number of carboxylic acids is 2. The Balaban J connectivity index is 2.78. The van der Waals surface area contributed by atoms with E-state index in [-0.39, 0.29) is 43.6 Å². The van der Waals surface area contributed by atoms with Gasteiger partial charge in [0.05, 0.1) is 24.5 Å². The lowest BCUT2D eigenvalue weighted by Gasteiger charge is -2.28. The van der Waals surface area contributed by atoms with E-state index in [9.17, 15) is 63.3 Å². The SMILES string of the molecule is C=C1C(=O)NC(CO)C(=O)NC(CC(C)C)C(=O)NC(C(=O)O)[C@H](C)C(=O)NC(CCCN=C(N)N)C(=O)N[C@@H](/C=C/C(C)=C/[C@H](C)[C@H](Cc2ccccc2)OC(C)=O)[C@H](C)C(=O)N[C@@H](C(=O)O)CCC(=O)N1C. The number of carbonyl (C=O) groups excluding carboxylic acids is 8. The summed E-state index contributed by atoms with van der Waals surface area (Å²) in [6, 6.07) is -0.217. The van der Waals surface area contributed by atoms with Gasteiger partial charge in [-0.2, -0.15) is 0 Å². The van der Waals surface area contributed by atoms with Gasteiger partial charge in [0, 0.05) is 39.3 Å². The number of hydrogen-bond donors (Lipinski definition) is 11. The Morgan fingerprint density at radius 2 is 1.42 bits per heavy atom. The summed E-state index contributed by atoms with van der Waals surface area (Å²) in [6.45, 7) is 13.4. The molecule has 408 valence electrons. The molecular formula is C50H74N10O14. The maximum Gasteiger partial charge on any atom is 0.327 e. The Hall–Kier alpha value is -7.63. The number of nitrogens with one attached hydrogen (secondary N) is 6. The number of nitrogens with zero attached hydrogens (tertiary/aromatic N) is 2. The van der Waals surface area contributed by atoms with Crippen LogP contribution < -0.4 is 43.4 Å². The molecule has 1 saturated heterocycles. The summed E-state index contributed by atoms with van der Waals surface area (Å²) in [4.78, 5) is 138. The van der Waals surface area contributed by atoms with Crippen molar-refractivity contribution in [2.75, 3.05) is 20.2 Å². The predicted octanol–water partition coefficient (Wildman–Crippen LogP) is -0.493. The van der Waals surface area contributed by atoms with Gasteiger partial charge in [0.15, 0.2) is 5.96 Å². The van der Waals surface area contributed by atoms with Crippen LogP contribution in [-0.4, -0.2) is 148 Å². The molecule has 1 aromatic rings. The van der Waals surface area contributed by atoms with Crippen LogP contribution >= 0.6 is 0 Å². The first-order chi connectivity index (χ1) is 34.7. The third-order valence-electron chi connectivity index (χ3n) is 12.0. The lowest BCUT2D eigenvalue weighted by atomic mass is 9.94. The second-order valence-corrected chi connectivity index (χ2v) is 18.6. The van der Waals surface area contributed by atoms with Gasteiger partial charge in [0.2, 0.25) is 35.4 Å². The molecule has 0 bridgehead atoms. The van der Waals surface area contributed by atoms with E-state index in [2.05, 4.69) is 43.5 Å². The fourth-order valence-electron chi connectivity index (χ4n) is 7.59. The maximum absolute atomic E-state index is 14.4. The minimum absolute atomic E-state index is 0.0129. The number of aliphatic hydroxyl groups is 1. The fraction of sp³-hybridized carbons (Fsp3) is 0.540. The summed E-state index contributed by atoms with van der Waals surface area (Å²) < 4.78 is 5.67. The molecule has 2 rings (SSSR count). The van der Waals surface area contributed by atoms with Crippen LogP contribution in [0.3, 0.4) is 0 Å². The average Bonchev–Trinajstić information content (AvgIpc) is 3.33. The third-order valence-corrected chi connectivity index (χ3v) is 12.0. The van der Waals surface area contributed by atoms with Crippen LogP contribution in [-0.2, 0) is 59.1 Å². The van der Waals surface area contributed by atoms with E-state index in [4.69, 9.17) is 16.2 Å². The molecule has 1 aliphatic rings. The number of carboxylic acid groups (broad SMARTS) is 2. The zero-order valence-corrected chi connectivity index (χ0v) is 43.2. The standard InChI is InChI=1S/C50H74N10O14/c1-26(2)22-37-46(68)59-41(49(72)73)30(6)43(65)55-35(16-13-21-53-50(51)52)45(67)54-34(18-17-27(3)23-28(4)39(74-32(8)62)24-33-14-11-10-12-15-33)29(5)42(64)56-36(48(70)71)19-20-40(63)60(9)31(7)44(66)58-38(25-61)47(69)57-37/h10-12,14-15,17-18,23,26,28-30,34-39,41,61H,7,13,16,19-22,24-25H2,1-6,8-9H3,(H,54,67)(H,55,65)(H,56,64)(H,57,69)(H,58,66)(H,59,68)(H,70,71)(H,72,73)(H4,51,52,53)/b18-17+,27-23+/t28-,29-,30-,34-,35?,36+,37?,38?,39-,41?/m0/s1. The minimum atomic E-state index is -1.95. The second kappa shape index (κ2) is 30.4. The molecule has 0 spiro atoms. The number of guanidine groups is 1. The number of nitrogens with two attached hydrogens (primary N) is 2. The zero-order valence-electron chi connectivity index (χ0n) is 43.2. The Bertz CT molecular complexity index is 2280. The lowest BCUT2D eigenvalue weighted by Crippen LogP contribution is -2.59. The van der Waals surface area contributed by atoms with Gasteiger partial charge in [-0.15, -0.1) is 0 Å². The van der Waals surface area contributed by atoms with Crippen molar-refractivity contribution in [2.24, 2.45) is 40.1 Å². The highest BCUT2D eigenvalue weighted by atomic mass is 16.5. The van der Waals surface area contributed by atoms with Crippen molar-refractivity contribution in [1.29, 1.82) is 0 Å². The highest BCUT2D eigenvalue weighted by Gasteiger charge is 2.38. The zero-order chi connectivity index (χ0) is 56.0. The number of aliphatic hydroxyl groups excluding tert-OH is 1. The summed E-state index contributed by atoms with van der Waals surface area (Å²) in [6.07, 6.45) is 3.44. The number of allylic oxidation sites excluding steroid dienone is 2. The summed E-state index contributed by atoms with van der Waals surface area (Å²) in [5.74, 6) is -14.4. The molecule has 24 heteroatoms. The smallest absolute Gasteiger partial charge is 0.327 e. The number of ether oxygens (including phenoxy) is 1. The van der Waals surface area contributed by atoms with E-state index >= 15 is 0 Å². The summed E-state index contributed by atoms with van der Waals surface area (Å²) in [7, 11) is 1.15. The Kier molecular flexibility index (Phi) is 25.7. The molecule has 74 heavy (non-hydrogen) atoms. The van der Waals surface area contributed by atoms with Crippen LogP contribution in [0.15, 0.2) is 71.4 Å². The van der Waals surface area contributed by atoms with Crippen molar-refractivity contribution in [1.82, 2.24) is 36.8 Å². The van der Waals surface area contributed by atoms with Crippen LogP contribution in [0, 0.1) is 23.7 Å². The van der Waals surface area contributed by atoms with Gasteiger partial charge in [-0.1, -0.05) is 95.3 Å². The molecule has 7 amide bonds. The monoisotopic (exact) mass is 1040 g/mol. The number of rotatable bonds is 16. The number of aliphatic carboxylic acids is 2. The van der Waals surface area contributed by atoms with Gasteiger partial charge >= 0.3 is 17.9 Å². The van der Waals surface area contributed by atoms with Crippen molar-refractivity contribution < 1.29 is 68.0 Å². The van der Waals surface area contributed by atoms with E-state index in [0.717, 1.165) is 17.5 Å². The van der Waals surface area contributed by atoms with Gasteiger partial charge in [-0.05, 0) is 44.1 Å². The molecule has 0 aromatic heterocycles. The van der Waals surface area contributed by atoms with E-state index in [1.54, 1.807) is 26.8 Å². The summed E-state index contributed by atoms with van der Waals surface area (Å²) in [5, 5.41) is 45.2. The first-order valence-corrected chi connectivity index (χ1v) is 24.1. The normalized spacial score (nSPS) is 24.7. The molecule has 1 aliphatic heterocycles. The topological polar surface area (TPSA) is 380 Å². The number of likely N-dealkylation sites (N-methyl/N-ethyl adjacent to an activating group) is 1. The molecule has 24 nitrogen and oxygen atoms in total. The van der Waals surface area contributed by atoms with E-state index < -0.39 is 139 Å². The molecule has 0 saturated carbocycles. The number of benzene rings is 1. The number of aliphatic imine (C=N–C) groups is 1. The number of esters is 1. The van der Waals surface area contributed by atoms with Crippen molar-refractivity contribution in [2.45, 2.75) is 129 Å². The molecule has 10 atom stereocenters. The summed E-state index contributed by atoms with van der Waals surface area (Å²) >= 11 is 0. The molecule has 0 aliphatic carbocycles. The van der Waals surface area contributed by atoms with Crippen molar-refractivity contribution >= 4 is 65.2 Å². The fourth-order valence-corrected chi connectivity index (χ4v) is 7.59. The van der Waals surface area contributed by atoms with Crippen LogP contribution in [0.5, 0.6) is 0 Å². The highest BCUT2D eigenvalue weighted by Crippen LogP contribution is 2.20. The minimum Gasteiger partial charge on any atom is -0.480 e. The third kappa shape index (κ3) is 20.8. The van der Waals surface area contributed by atoms with Crippen LogP contribution in [0.25, 0.3) is 0 Å². The van der Waals surface area contributed by atoms with Crippen molar-refractivity contribution in [3.8, 4) is 0 Å². The van der Waals surface area contributed by atoms with Gasteiger partial charge in [0.25, 0.3) is 5.91 Å². The second-order valence-electron chi connectivity index (χ2n) is 18.6. The molecular weight excluding hydrogens is 965 g/mol. The first kappa shape index (κ1) is 62.5. The van der Waals surface area contributed by atoms with Crippen molar-refractivity contribution in [3.05, 3.63) is 72.0 Å². The number of carbonyl (C=O) groups is 10. The van der Waals surface area contributed by atoms with E-state index in [0.29, 0.717) is 12.0 Å². The molecule has 1 fully saturated rings. The van der Waals surface area contributed by atoms with Gasteiger partial charge in [0.1, 0.15) is 42.0 Å². The Morgan fingerprint density at radius 3 is 1.99 bits per heavy atom. The van der Waals surface area contributed by atoms with Crippen molar-refractivity contribution in [3.63, 3.8) is 0 Å². The molecule has 1 heterocycles. The average molecular weight is 1040 g/mol. The quantitative estimate of drug-likeness (QED) is 0.0248. The number of amides is 7. The maximum atomic E-state index is 14.4. The predicted molar refractivity (Wildman–Crippen MR) is 271 cm³/mol.